The van der Waals surface area contributed by atoms with Gasteiger partial charge in [-0.2, -0.15) is 4.98 Å². The number of anilines is 1. The van der Waals surface area contributed by atoms with Crippen LogP contribution in [0.5, 0.6) is 0 Å². The second-order valence-corrected chi connectivity index (χ2v) is 6.15. The van der Waals surface area contributed by atoms with Gasteiger partial charge in [0.05, 0.1) is 18.4 Å². The van der Waals surface area contributed by atoms with Crippen LogP contribution in [0.4, 0.5) is 5.82 Å². The predicted octanol–water partition coefficient (Wildman–Crippen LogP) is 2.76. The average molecular weight is 339 g/mol. The fraction of sp³-hybridized carbons (Fsp3) is 0.444. The van der Waals surface area contributed by atoms with Crippen molar-refractivity contribution in [2.45, 2.75) is 38.9 Å². The third-order valence-electron chi connectivity index (χ3n) is 4.39. The number of oxazole rings is 1. The molecule has 0 amide bonds. The van der Waals surface area contributed by atoms with Gasteiger partial charge in [-0.15, -0.1) is 0 Å². The number of pyridine rings is 1. The van der Waals surface area contributed by atoms with Crippen LogP contribution in [0.15, 0.2) is 35.1 Å². The van der Waals surface area contributed by atoms with E-state index in [4.69, 9.17) is 9.15 Å². The first-order valence-electron chi connectivity index (χ1n) is 8.70. The second-order valence-electron chi connectivity index (χ2n) is 6.15. The van der Waals surface area contributed by atoms with Gasteiger partial charge in [0.25, 0.3) is 5.71 Å². The summed E-state index contributed by atoms with van der Waals surface area (Å²) in [6.07, 6.45) is 6.32. The number of ether oxygens (including phenoxy) is 1. The summed E-state index contributed by atoms with van der Waals surface area (Å²) in [7, 11) is 0. The minimum Gasteiger partial charge on any atom is -0.422 e. The van der Waals surface area contributed by atoms with Gasteiger partial charge < -0.3 is 14.1 Å². The Morgan fingerprint density at radius 2 is 2.24 bits per heavy atom. The molecule has 4 rings (SSSR count). The van der Waals surface area contributed by atoms with Crippen molar-refractivity contribution in [1.82, 2.24) is 19.9 Å². The molecule has 3 aromatic rings. The lowest BCUT2D eigenvalue weighted by Gasteiger charge is -2.33. The first kappa shape index (κ1) is 16.0. The van der Waals surface area contributed by atoms with Crippen molar-refractivity contribution in [3.63, 3.8) is 0 Å². The molecule has 3 aromatic heterocycles. The molecular weight excluding hydrogens is 318 g/mol. The molecule has 0 spiro atoms. The molecule has 0 radical (unpaired) electrons. The maximum absolute atomic E-state index is 6.07. The summed E-state index contributed by atoms with van der Waals surface area (Å²) in [5.74, 6) is 1.52. The van der Waals surface area contributed by atoms with E-state index in [0.717, 1.165) is 49.4 Å². The minimum absolute atomic E-state index is 0.151. The van der Waals surface area contributed by atoms with E-state index in [1.165, 1.54) is 0 Å². The summed E-state index contributed by atoms with van der Waals surface area (Å²) in [6, 6.07) is 5.87. The van der Waals surface area contributed by atoms with Crippen LogP contribution in [0, 0.1) is 0 Å². The van der Waals surface area contributed by atoms with Crippen LogP contribution in [-0.2, 0) is 17.8 Å². The van der Waals surface area contributed by atoms with Gasteiger partial charge in [0, 0.05) is 25.7 Å². The summed E-state index contributed by atoms with van der Waals surface area (Å²) in [4.78, 5) is 19.7. The van der Waals surface area contributed by atoms with Crippen molar-refractivity contribution in [2.24, 2.45) is 0 Å². The number of fused-ring (bicyclic) bond motifs is 1. The smallest absolute Gasteiger partial charge is 0.252 e. The number of nitrogens with zero attached hydrogens (tertiary/aromatic N) is 5. The molecule has 0 aliphatic carbocycles. The van der Waals surface area contributed by atoms with Gasteiger partial charge in [0.1, 0.15) is 6.33 Å². The van der Waals surface area contributed by atoms with Crippen molar-refractivity contribution >= 4 is 17.0 Å². The Balaban J connectivity index is 1.48. The molecule has 0 N–H and O–H groups in total. The van der Waals surface area contributed by atoms with Crippen LogP contribution < -0.4 is 4.90 Å². The van der Waals surface area contributed by atoms with Crippen LogP contribution in [0.3, 0.4) is 0 Å². The average Bonchev–Trinajstić information content (AvgIpc) is 3.11. The van der Waals surface area contributed by atoms with E-state index in [1.807, 2.05) is 25.1 Å². The number of piperidine rings is 1. The molecule has 0 bridgehead atoms. The molecule has 4 heterocycles. The van der Waals surface area contributed by atoms with Crippen molar-refractivity contribution in [3.8, 4) is 0 Å². The van der Waals surface area contributed by atoms with Gasteiger partial charge in [-0.25, -0.2) is 9.97 Å². The van der Waals surface area contributed by atoms with E-state index >= 15 is 0 Å². The maximum atomic E-state index is 6.07. The second kappa shape index (κ2) is 7.14. The number of hydrogen-bond donors (Lipinski definition) is 0. The Labute approximate surface area is 146 Å². The quantitative estimate of drug-likeness (QED) is 0.707. The van der Waals surface area contributed by atoms with Crippen LogP contribution in [0.25, 0.3) is 11.2 Å². The zero-order chi connectivity index (χ0) is 17.1. The zero-order valence-corrected chi connectivity index (χ0v) is 14.3. The van der Waals surface area contributed by atoms with Crippen molar-refractivity contribution in [1.29, 1.82) is 0 Å². The topological polar surface area (TPSA) is 77.2 Å². The molecule has 130 valence electrons. The molecule has 7 nitrogen and oxygen atoms in total. The van der Waals surface area contributed by atoms with Crippen molar-refractivity contribution in [3.05, 3.63) is 42.3 Å². The van der Waals surface area contributed by atoms with Crippen LogP contribution in [-0.4, -0.2) is 39.1 Å². The predicted molar refractivity (Wildman–Crippen MR) is 93.2 cm³/mol. The first-order chi connectivity index (χ1) is 12.3. The highest BCUT2D eigenvalue weighted by Gasteiger charge is 2.24. The first-order valence-corrected chi connectivity index (χ1v) is 8.70. The van der Waals surface area contributed by atoms with Gasteiger partial charge >= 0.3 is 0 Å². The lowest BCUT2D eigenvalue weighted by atomic mass is 10.1. The van der Waals surface area contributed by atoms with E-state index in [0.29, 0.717) is 18.2 Å². The maximum Gasteiger partial charge on any atom is 0.252 e. The van der Waals surface area contributed by atoms with Crippen LogP contribution in [0.1, 0.15) is 31.4 Å². The number of aryl methyl sites for hydroxylation is 1. The van der Waals surface area contributed by atoms with Crippen molar-refractivity contribution < 1.29 is 9.15 Å². The molecule has 25 heavy (non-hydrogen) atoms. The third-order valence-corrected chi connectivity index (χ3v) is 4.39. The number of hydrogen-bond acceptors (Lipinski definition) is 7. The number of rotatable bonds is 5. The normalized spacial score (nSPS) is 18.0. The summed E-state index contributed by atoms with van der Waals surface area (Å²) >= 11 is 0. The summed E-state index contributed by atoms with van der Waals surface area (Å²) < 4.78 is 11.7. The van der Waals surface area contributed by atoms with Gasteiger partial charge in [0.2, 0.25) is 0 Å². The van der Waals surface area contributed by atoms with E-state index in [2.05, 4.69) is 24.8 Å². The highest BCUT2D eigenvalue weighted by molar-refractivity contribution is 5.81. The molecular formula is C18H21N5O2. The molecule has 1 aliphatic rings. The molecule has 1 saturated heterocycles. The monoisotopic (exact) mass is 339 g/mol. The highest BCUT2D eigenvalue weighted by Crippen LogP contribution is 2.26. The molecule has 7 heteroatoms. The zero-order valence-electron chi connectivity index (χ0n) is 14.3. The molecule has 1 fully saturated rings. The molecule has 0 unspecified atom stereocenters. The SMILES string of the molecule is CCc1nc2c(N3CCC[C@H](OCc4ccccn4)C3)ncnc2o1. The Hall–Kier alpha value is -2.54. The Bertz CT molecular complexity index is 836. The van der Waals surface area contributed by atoms with Crippen LogP contribution in [0.2, 0.25) is 0 Å². The molecule has 0 aromatic carbocycles. The summed E-state index contributed by atoms with van der Waals surface area (Å²) in [6.45, 7) is 4.26. The summed E-state index contributed by atoms with van der Waals surface area (Å²) in [5.41, 5.74) is 2.25. The van der Waals surface area contributed by atoms with Gasteiger partial charge in [-0.3, -0.25) is 4.98 Å². The van der Waals surface area contributed by atoms with Crippen molar-refractivity contribution in [2.75, 3.05) is 18.0 Å². The molecule has 0 saturated carbocycles. The lowest BCUT2D eigenvalue weighted by molar-refractivity contribution is 0.0297. The standard InChI is InChI=1S/C18H21N5O2/c1-2-15-22-16-17(20-12-21-18(16)25-15)23-9-5-7-14(10-23)24-11-13-6-3-4-8-19-13/h3-4,6,8,12,14H,2,5,7,9-11H2,1H3/t14-/m0/s1. The highest BCUT2D eigenvalue weighted by atomic mass is 16.5. The lowest BCUT2D eigenvalue weighted by Crippen LogP contribution is -2.40. The Kier molecular flexibility index (Phi) is 4.56. The van der Waals surface area contributed by atoms with E-state index in [-0.39, 0.29) is 6.10 Å². The minimum atomic E-state index is 0.151. The Morgan fingerprint density at radius 3 is 3.08 bits per heavy atom. The van der Waals surface area contributed by atoms with Gasteiger partial charge in [-0.1, -0.05) is 13.0 Å². The largest absolute Gasteiger partial charge is 0.422 e. The fourth-order valence-corrected chi connectivity index (χ4v) is 3.12. The van der Waals surface area contributed by atoms with E-state index < -0.39 is 0 Å². The fourth-order valence-electron chi connectivity index (χ4n) is 3.12. The van der Waals surface area contributed by atoms with E-state index in [1.54, 1.807) is 12.5 Å². The molecule has 1 atom stereocenters. The molecule has 1 aliphatic heterocycles. The Morgan fingerprint density at radius 1 is 1.28 bits per heavy atom. The number of aromatic nitrogens is 4. The third kappa shape index (κ3) is 3.46. The van der Waals surface area contributed by atoms with Gasteiger partial charge in [0.15, 0.2) is 17.2 Å². The van der Waals surface area contributed by atoms with Gasteiger partial charge in [-0.05, 0) is 25.0 Å². The van der Waals surface area contributed by atoms with E-state index in [9.17, 15) is 0 Å². The van der Waals surface area contributed by atoms with Crippen LogP contribution >= 0.6 is 0 Å². The summed E-state index contributed by atoms with van der Waals surface area (Å²) in [5, 5.41) is 0.